The number of carbonyl (C=O) groups excluding carboxylic acids is 1. The lowest BCUT2D eigenvalue weighted by Crippen LogP contribution is -2.40. The molecule has 1 aliphatic rings. The second-order valence-electron chi connectivity index (χ2n) is 7.62. The number of hydrogen-bond acceptors (Lipinski definition) is 5. The van der Waals surface area contributed by atoms with Gasteiger partial charge in [0.15, 0.2) is 0 Å². The summed E-state index contributed by atoms with van der Waals surface area (Å²) in [7, 11) is 0. The van der Waals surface area contributed by atoms with Crippen LogP contribution in [-0.4, -0.2) is 34.4 Å². The summed E-state index contributed by atoms with van der Waals surface area (Å²) in [5.74, 6) is -0.352. The summed E-state index contributed by atoms with van der Waals surface area (Å²) in [4.78, 5) is 17.0. The number of carbonyl (C=O) groups is 1. The topological polar surface area (TPSA) is 98.1 Å². The Kier molecular flexibility index (Phi) is 6.95. The molecule has 2 atom stereocenters. The molecule has 0 unspecified atom stereocenters. The molecule has 6 nitrogen and oxygen atoms in total. The summed E-state index contributed by atoms with van der Waals surface area (Å²) in [6, 6.07) is 5.02. The number of amides is 1. The quantitative estimate of drug-likeness (QED) is 0.524. The van der Waals surface area contributed by atoms with Gasteiger partial charge in [0, 0.05) is 18.6 Å². The van der Waals surface area contributed by atoms with Crippen molar-refractivity contribution in [2.75, 3.05) is 5.32 Å². The molecule has 158 valence electrons. The van der Waals surface area contributed by atoms with Gasteiger partial charge in [-0.05, 0) is 80.0 Å². The van der Waals surface area contributed by atoms with Gasteiger partial charge in [-0.25, -0.2) is 9.37 Å². The molecule has 0 spiro atoms. The molecule has 1 aliphatic carbocycles. The number of hydrogen-bond donors (Lipinski definition) is 4. The first-order chi connectivity index (χ1) is 14.4. The maximum atomic E-state index is 14.8. The van der Waals surface area contributed by atoms with Gasteiger partial charge in [-0.2, -0.15) is 0 Å². The molecular weight excluding hydrogens is 383 g/mol. The standard InChI is InChI=1S/C23H27FN4O2/c1-14-15(2)22(24)18(23(30)28-19-5-3-6-20(19)29)12-17(14)11-16-7-8-21(27-13-16)26-10-4-9-25/h4,7-10,12-13,19-20,25,29H,3,5-6,11H2,1-2H3,(H,26,27)(H,28,30)/b10-4-,25-9?/t19-,20-/m0/s1. The molecule has 1 fully saturated rings. The molecule has 0 aliphatic heterocycles. The lowest BCUT2D eigenvalue weighted by Gasteiger charge is -2.19. The number of nitrogens with one attached hydrogen (secondary N) is 3. The molecule has 7 heteroatoms. The third kappa shape index (κ3) is 4.91. The predicted molar refractivity (Wildman–Crippen MR) is 116 cm³/mol. The van der Waals surface area contributed by atoms with Gasteiger partial charge in [0.05, 0.1) is 17.7 Å². The van der Waals surface area contributed by atoms with Crippen molar-refractivity contribution in [2.45, 2.75) is 51.7 Å². The number of aromatic nitrogens is 1. The SMILES string of the molecule is Cc1c(Cc2ccc(N/C=C\C=N)nc2)cc(C(=O)N[C@H]2CCC[C@@H]2O)c(F)c1C. The summed E-state index contributed by atoms with van der Waals surface area (Å²) in [6.07, 6.45) is 8.22. The minimum absolute atomic E-state index is 0.00947. The third-order valence-corrected chi connectivity index (χ3v) is 5.61. The molecule has 3 rings (SSSR count). The molecule has 1 aromatic carbocycles. The number of pyridine rings is 1. The van der Waals surface area contributed by atoms with E-state index in [0.717, 1.165) is 23.1 Å². The fourth-order valence-electron chi connectivity index (χ4n) is 3.67. The van der Waals surface area contributed by atoms with Gasteiger partial charge in [0.25, 0.3) is 5.91 Å². The fraction of sp³-hybridized carbons (Fsp3) is 0.348. The maximum absolute atomic E-state index is 14.8. The minimum Gasteiger partial charge on any atom is -0.391 e. The number of allylic oxidation sites excluding steroid dienone is 1. The first-order valence-electron chi connectivity index (χ1n) is 10.0. The number of nitrogens with zero attached hydrogens (tertiary/aromatic N) is 1. The van der Waals surface area contributed by atoms with Crippen molar-refractivity contribution in [3.05, 3.63) is 70.3 Å². The molecule has 4 N–H and O–H groups in total. The summed E-state index contributed by atoms with van der Waals surface area (Å²) in [5.41, 5.74) is 3.06. The van der Waals surface area contributed by atoms with Gasteiger partial charge in [-0.3, -0.25) is 4.79 Å². The van der Waals surface area contributed by atoms with Crippen molar-refractivity contribution in [2.24, 2.45) is 0 Å². The third-order valence-electron chi connectivity index (χ3n) is 5.61. The highest BCUT2D eigenvalue weighted by molar-refractivity contribution is 5.95. The van der Waals surface area contributed by atoms with Crippen molar-refractivity contribution in [3.63, 3.8) is 0 Å². The molecule has 1 heterocycles. The smallest absolute Gasteiger partial charge is 0.254 e. The van der Waals surface area contributed by atoms with Crippen LogP contribution in [0, 0.1) is 25.1 Å². The number of benzene rings is 1. The van der Waals surface area contributed by atoms with Gasteiger partial charge < -0.3 is 21.1 Å². The second-order valence-corrected chi connectivity index (χ2v) is 7.62. The largest absolute Gasteiger partial charge is 0.391 e. The number of aliphatic hydroxyl groups is 1. The molecule has 30 heavy (non-hydrogen) atoms. The zero-order valence-electron chi connectivity index (χ0n) is 17.2. The minimum atomic E-state index is -0.574. The maximum Gasteiger partial charge on any atom is 0.254 e. The van der Waals surface area contributed by atoms with Crippen LogP contribution in [0.4, 0.5) is 10.2 Å². The van der Waals surface area contributed by atoms with Crippen molar-refractivity contribution < 1.29 is 14.3 Å². The average Bonchev–Trinajstić information content (AvgIpc) is 3.14. The molecule has 2 aromatic rings. The highest BCUT2D eigenvalue weighted by atomic mass is 19.1. The summed E-state index contributed by atoms with van der Waals surface area (Å²) >= 11 is 0. The van der Waals surface area contributed by atoms with Gasteiger partial charge in [0.1, 0.15) is 11.6 Å². The van der Waals surface area contributed by atoms with Gasteiger partial charge >= 0.3 is 0 Å². The Balaban J connectivity index is 1.80. The number of rotatable bonds is 7. The summed E-state index contributed by atoms with van der Waals surface area (Å²) < 4.78 is 14.8. The zero-order chi connectivity index (χ0) is 21.7. The molecule has 1 saturated carbocycles. The van der Waals surface area contributed by atoms with Crippen LogP contribution in [0.1, 0.15) is 51.9 Å². The first kappa shape index (κ1) is 21.6. The Bertz CT molecular complexity index is 957. The Hall–Kier alpha value is -3.06. The molecule has 0 saturated heterocycles. The molecule has 1 amide bonds. The van der Waals surface area contributed by atoms with Crippen LogP contribution < -0.4 is 10.6 Å². The Labute approximate surface area is 175 Å². The fourth-order valence-corrected chi connectivity index (χ4v) is 3.67. The van der Waals surface area contributed by atoms with E-state index < -0.39 is 17.8 Å². The van der Waals surface area contributed by atoms with Crippen LogP contribution in [0.25, 0.3) is 0 Å². The number of anilines is 1. The van der Waals surface area contributed by atoms with E-state index in [1.807, 2.05) is 19.1 Å². The van der Waals surface area contributed by atoms with Gasteiger partial charge in [-0.1, -0.05) is 6.07 Å². The number of aliphatic hydroxyl groups excluding tert-OH is 1. The monoisotopic (exact) mass is 410 g/mol. The van der Waals surface area contributed by atoms with E-state index in [1.54, 1.807) is 31.5 Å². The Morgan fingerprint density at radius 2 is 2.13 bits per heavy atom. The van der Waals surface area contributed by atoms with Crippen LogP contribution in [0.15, 0.2) is 36.7 Å². The van der Waals surface area contributed by atoms with Crippen LogP contribution >= 0.6 is 0 Å². The van der Waals surface area contributed by atoms with E-state index >= 15 is 0 Å². The van der Waals surface area contributed by atoms with E-state index in [-0.39, 0.29) is 11.6 Å². The Morgan fingerprint density at radius 3 is 2.77 bits per heavy atom. The predicted octanol–water partition coefficient (Wildman–Crippen LogP) is 3.65. The highest BCUT2D eigenvalue weighted by Crippen LogP contribution is 2.25. The van der Waals surface area contributed by atoms with Crippen molar-refractivity contribution in [1.82, 2.24) is 10.3 Å². The Morgan fingerprint density at radius 1 is 1.33 bits per heavy atom. The van der Waals surface area contributed by atoms with E-state index in [2.05, 4.69) is 15.6 Å². The average molecular weight is 410 g/mol. The van der Waals surface area contributed by atoms with Crippen LogP contribution in [0.5, 0.6) is 0 Å². The van der Waals surface area contributed by atoms with E-state index in [0.29, 0.717) is 30.6 Å². The van der Waals surface area contributed by atoms with Crippen LogP contribution in [0.2, 0.25) is 0 Å². The van der Waals surface area contributed by atoms with E-state index in [1.165, 1.54) is 6.21 Å². The lowest BCUT2D eigenvalue weighted by atomic mass is 9.94. The first-order valence-corrected chi connectivity index (χ1v) is 10.0. The molecular formula is C23H27FN4O2. The van der Waals surface area contributed by atoms with Crippen molar-refractivity contribution in [1.29, 1.82) is 5.41 Å². The number of halogens is 1. The van der Waals surface area contributed by atoms with E-state index in [9.17, 15) is 14.3 Å². The highest BCUT2D eigenvalue weighted by Gasteiger charge is 2.28. The second kappa shape index (κ2) is 9.63. The van der Waals surface area contributed by atoms with Crippen LogP contribution in [-0.2, 0) is 6.42 Å². The van der Waals surface area contributed by atoms with Crippen LogP contribution in [0.3, 0.4) is 0 Å². The van der Waals surface area contributed by atoms with Crippen molar-refractivity contribution in [3.8, 4) is 0 Å². The summed E-state index contributed by atoms with van der Waals surface area (Å²) in [6.45, 7) is 3.53. The van der Waals surface area contributed by atoms with Gasteiger partial charge in [0.2, 0.25) is 0 Å². The summed E-state index contributed by atoms with van der Waals surface area (Å²) in [5, 5.41) is 22.7. The van der Waals surface area contributed by atoms with Gasteiger partial charge in [-0.15, -0.1) is 0 Å². The molecule has 0 radical (unpaired) electrons. The molecule has 1 aromatic heterocycles. The van der Waals surface area contributed by atoms with E-state index in [4.69, 9.17) is 5.41 Å². The molecule has 0 bridgehead atoms. The normalized spacial score (nSPS) is 18.5. The zero-order valence-corrected chi connectivity index (χ0v) is 17.2. The van der Waals surface area contributed by atoms with Crippen molar-refractivity contribution >= 4 is 17.9 Å². The lowest BCUT2D eigenvalue weighted by molar-refractivity contribution is 0.0869.